The number of benzene rings is 1. The minimum Gasteiger partial charge on any atom is -0.361 e. The summed E-state index contributed by atoms with van der Waals surface area (Å²) in [5.74, 6) is 0. The van der Waals surface area contributed by atoms with E-state index in [0.29, 0.717) is 19.0 Å². The minimum absolute atomic E-state index is 0.0390. The van der Waals surface area contributed by atoms with E-state index in [1.165, 1.54) is 6.07 Å². The molecule has 0 radical (unpaired) electrons. The van der Waals surface area contributed by atoms with Crippen LogP contribution in [0.3, 0.4) is 0 Å². The molecule has 3 rings (SSSR count). The largest absolute Gasteiger partial charge is 0.416 e. The van der Waals surface area contributed by atoms with E-state index in [1.807, 2.05) is 0 Å². The molecular formula is C19H22ClF3N4O2Si. The second kappa shape index (κ2) is 8.52. The van der Waals surface area contributed by atoms with Crippen molar-refractivity contribution >= 4 is 30.6 Å². The highest BCUT2D eigenvalue weighted by Crippen LogP contribution is 2.32. The molecule has 0 aliphatic carbocycles. The van der Waals surface area contributed by atoms with Crippen LogP contribution in [-0.4, -0.2) is 33.8 Å². The molecule has 2 aromatic heterocycles. The number of imidazole rings is 1. The maximum atomic E-state index is 13.1. The van der Waals surface area contributed by atoms with E-state index in [0.717, 1.165) is 22.7 Å². The van der Waals surface area contributed by atoms with Gasteiger partial charge in [-0.3, -0.25) is 4.57 Å². The first-order valence-electron chi connectivity index (χ1n) is 9.30. The molecule has 0 spiro atoms. The summed E-state index contributed by atoms with van der Waals surface area (Å²) >= 11 is 5.97. The van der Waals surface area contributed by atoms with Crippen molar-refractivity contribution in [2.75, 3.05) is 6.61 Å². The van der Waals surface area contributed by atoms with Gasteiger partial charge in [0.1, 0.15) is 11.9 Å². The van der Waals surface area contributed by atoms with Gasteiger partial charge >= 0.3 is 11.9 Å². The minimum atomic E-state index is -4.54. The van der Waals surface area contributed by atoms with Crippen LogP contribution in [0.25, 0.3) is 10.9 Å². The summed E-state index contributed by atoms with van der Waals surface area (Å²) in [5.41, 5.74) is -1.07. The Bertz CT molecular complexity index is 1110. The van der Waals surface area contributed by atoms with Gasteiger partial charge in [0, 0.05) is 26.3 Å². The maximum absolute atomic E-state index is 13.1. The van der Waals surface area contributed by atoms with Crippen molar-refractivity contribution in [3.05, 3.63) is 57.6 Å². The first kappa shape index (κ1) is 22.5. The van der Waals surface area contributed by atoms with Gasteiger partial charge in [0.2, 0.25) is 0 Å². The Balaban J connectivity index is 1.84. The van der Waals surface area contributed by atoms with Crippen LogP contribution in [-0.2, 0) is 24.2 Å². The zero-order chi connectivity index (χ0) is 22.1. The van der Waals surface area contributed by atoms with E-state index in [9.17, 15) is 18.0 Å². The zero-order valence-corrected chi connectivity index (χ0v) is 18.6. The van der Waals surface area contributed by atoms with Gasteiger partial charge in [-0.25, -0.2) is 9.78 Å². The first-order valence-corrected chi connectivity index (χ1v) is 13.4. The van der Waals surface area contributed by atoms with Gasteiger partial charge < -0.3 is 9.30 Å². The van der Waals surface area contributed by atoms with Gasteiger partial charge in [-0.05, 0) is 24.2 Å². The third kappa shape index (κ3) is 5.49. The quantitative estimate of drug-likeness (QED) is 0.294. The molecule has 6 nitrogen and oxygen atoms in total. The average Bonchev–Trinajstić information content (AvgIpc) is 3.08. The summed E-state index contributed by atoms with van der Waals surface area (Å²) in [6.45, 7) is 7.70. The molecule has 0 aliphatic rings. The van der Waals surface area contributed by atoms with E-state index >= 15 is 0 Å². The van der Waals surface area contributed by atoms with Gasteiger partial charge in [0.25, 0.3) is 0 Å². The van der Waals surface area contributed by atoms with E-state index < -0.39 is 25.5 Å². The molecule has 11 heteroatoms. The first-order chi connectivity index (χ1) is 13.9. The molecule has 1 aromatic carbocycles. The molecule has 0 N–H and O–H groups in total. The van der Waals surface area contributed by atoms with Crippen LogP contribution in [0.15, 0.2) is 35.5 Å². The number of hydrogen-bond donors (Lipinski definition) is 0. The molecule has 0 unspecified atom stereocenters. The van der Waals surface area contributed by atoms with Crippen molar-refractivity contribution in [1.29, 1.82) is 0 Å². The van der Waals surface area contributed by atoms with Crippen LogP contribution in [0, 0.1) is 0 Å². The summed E-state index contributed by atoms with van der Waals surface area (Å²) in [4.78, 5) is 20.3. The number of rotatable bonds is 7. The van der Waals surface area contributed by atoms with Crippen molar-refractivity contribution in [3.63, 3.8) is 0 Å². The molecule has 0 saturated carbocycles. The van der Waals surface area contributed by atoms with Gasteiger partial charge in [-0.15, -0.1) is 0 Å². The van der Waals surface area contributed by atoms with Gasteiger partial charge in [0.15, 0.2) is 0 Å². The van der Waals surface area contributed by atoms with Crippen molar-refractivity contribution in [2.45, 2.75) is 45.1 Å². The van der Waals surface area contributed by atoms with E-state index in [-0.39, 0.29) is 22.6 Å². The fourth-order valence-electron chi connectivity index (χ4n) is 2.84. The highest BCUT2D eigenvalue weighted by molar-refractivity contribution is 6.76. The lowest BCUT2D eigenvalue weighted by molar-refractivity contribution is -0.137. The van der Waals surface area contributed by atoms with Gasteiger partial charge in [-0.1, -0.05) is 31.2 Å². The molecule has 0 bridgehead atoms. The van der Waals surface area contributed by atoms with Crippen molar-refractivity contribution in [2.24, 2.45) is 0 Å². The predicted molar refractivity (Wildman–Crippen MR) is 111 cm³/mol. The molecule has 162 valence electrons. The summed E-state index contributed by atoms with van der Waals surface area (Å²) < 4.78 is 47.9. The zero-order valence-electron chi connectivity index (χ0n) is 16.8. The molecule has 30 heavy (non-hydrogen) atoms. The summed E-state index contributed by atoms with van der Waals surface area (Å²) in [6.07, 6.45) is -1.30. The number of aromatic nitrogens is 4. The monoisotopic (exact) mass is 458 g/mol. The number of nitrogens with zero attached hydrogens (tertiary/aromatic N) is 4. The Morgan fingerprint density at radius 1 is 1.23 bits per heavy atom. The number of halogens is 4. The number of fused-ring (bicyclic) bond motifs is 1. The third-order valence-electron chi connectivity index (χ3n) is 4.51. The van der Waals surface area contributed by atoms with Crippen LogP contribution >= 0.6 is 11.6 Å². The summed E-state index contributed by atoms with van der Waals surface area (Å²) in [5, 5.41) is 0.125. The topological polar surface area (TPSA) is 61.9 Å². The number of alkyl halides is 3. The van der Waals surface area contributed by atoms with Crippen LogP contribution in [0.5, 0.6) is 0 Å². The van der Waals surface area contributed by atoms with Crippen LogP contribution in [0.4, 0.5) is 13.2 Å². The Kier molecular flexibility index (Phi) is 6.39. The van der Waals surface area contributed by atoms with Crippen molar-refractivity contribution in [1.82, 2.24) is 19.1 Å². The molecule has 0 atom stereocenters. The Morgan fingerprint density at radius 2 is 1.97 bits per heavy atom. The molecule has 3 aromatic rings. The average molecular weight is 459 g/mol. The second-order valence-corrected chi connectivity index (χ2v) is 14.2. The Labute approximate surface area is 177 Å². The van der Waals surface area contributed by atoms with Crippen LogP contribution < -0.4 is 5.69 Å². The van der Waals surface area contributed by atoms with E-state index in [4.69, 9.17) is 16.3 Å². The lowest BCUT2D eigenvalue weighted by Gasteiger charge is -2.15. The molecule has 0 amide bonds. The van der Waals surface area contributed by atoms with E-state index in [2.05, 4.69) is 29.6 Å². The van der Waals surface area contributed by atoms with E-state index in [1.54, 1.807) is 17.1 Å². The smallest absolute Gasteiger partial charge is 0.361 e. The SMILES string of the molecule is C[Si](C)(C)CCOCn1cnc(Cn2c(=O)nc(Cl)c3ccc(C(F)(F)F)cc32)c1. The number of ether oxygens (including phenoxy) is 1. The highest BCUT2D eigenvalue weighted by atomic mass is 35.5. The molecule has 0 fully saturated rings. The molecule has 0 saturated heterocycles. The summed E-state index contributed by atoms with van der Waals surface area (Å²) in [6, 6.07) is 4.07. The fraction of sp³-hybridized carbons (Fsp3) is 0.421. The maximum Gasteiger partial charge on any atom is 0.416 e. The fourth-order valence-corrected chi connectivity index (χ4v) is 3.82. The Hall–Kier alpha value is -2.17. The molecule has 2 heterocycles. The lowest BCUT2D eigenvalue weighted by Crippen LogP contribution is -2.24. The Morgan fingerprint density at radius 3 is 2.63 bits per heavy atom. The van der Waals surface area contributed by atoms with Crippen molar-refractivity contribution < 1.29 is 17.9 Å². The lowest BCUT2D eigenvalue weighted by atomic mass is 10.1. The highest BCUT2D eigenvalue weighted by Gasteiger charge is 2.31. The van der Waals surface area contributed by atoms with Gasteiger partial charge in [0.05, 0.1) is 29.6 Å². The standard InChI is InChI=1S/C19H22ClF3N4O2Si/c1-30(2,3)7-6-29-12-26-9-14(24-11-26)10-27-16-8-13(19(21,22)23)4-5-15(16)17(20)25-18(27)28/h4-5,8-9,11H,6-7,10,12H2,1-3H3. The van der Waals surface area contributed by atoms with Crippen LogP contribution in [0.1, 0.15) is 11.3 Å². The normalized spacial score (nSPS) is 12.6. The summed E-state index contributed by atoms with van der Waals surface area (Å²) in [7, 11) is -1.18. The third-order valence-corrected chi connectivity index (χ3v) is 6.50. The van der Waals surface area contributed by atoms with Crippen molar-refractivity contribution in [3.8, 4) is 0 Å². The van der Waals surface area contributed by atoms with Crippen LogP contribution in [0.2, 0.25) is 30.8 Å². The molecule has 0 aliphatic heterocycles. The van der Waals surface area contributed by atoms with Gasteiger partial charge in [-0.2, -0.15) is 18.2 Å². The molecular weight excluding hydrogens is 437 g/mol. The predicted octanol–water partition coefficient (Wildman–Crippen LogP) is 4.63. The second-order valence-electron chi connectivity index (χ2n) is 8.23. The number of hydrogen-bond acceptors (Lipinski definition) is 4.